The smallest absolute Gasteiger partial charge is 0.0268 e. The van der Waals surface area contributed by atoms with E-state index >= 15 is 0 Å². The molecule has 0 saturated heterocycles. The maximum Gasteiger partial charge on any atom is 0.0268 e. The zero-order valence-electron chi connectivity index (χ0n) is 7.07. The maximum absolute atomic E-state index is 3.79. The van der Waals surface area contributed by atoms with E-state index in [9.17, 15) is 0 Å². The molecule has 0 aromatic rings. The van der Waals surface area contributed by atoms with Gasteiger partial charge in [0.15, 0.2) is 0 Å². The van der Waals surface area contributed by atoms with Crippen molar-refractivity contribution in [2.75, 3.05) is 6.54 Å². The Balaban J connectivity index is 2.13. The van der Waals surface area contributed by atoms with Crippen molar-refractivity contribution >= 4 is 15.9 Å². The molecule has 1 N–H and O–H groups in total. The molecule has 1 aliphatic carbocycles. The van der Waals surface area contributed by atoms with Gasteiger partial charge in [0.05, 0.1) is 0 Å². The average Bonchev–Trinajstić information content (AvgIpc) is 2.31. The summed E-state index contributed by atoms with van der Waals surface area (Å²) in [6.45, 7) is 7.03. The normalized spacial score (nSPS) is 30.7. The number of rotatable bonds is 3. The summed E-state index contributed by atoms with van der Waals surface area (Å²) < 4.78 is 1.05. The van der Waals surface area contributed by atoms with Gasteiger partial charge in [-0.1, -0.05) is 29.4 Å². The van der Waals surface area contributed by atoms with Crippen LogP contribution in [0.25, 0.3) is 0 Å². The van der Waals surface area contributed by atoms with Crippen LogP contribution < -0.4 is 5.32 Å². The van der Waals surface area contributed by atoms with Gasteiger partial charge in [0.1, 0.15) is 0 Å². The molecule has 2 heteroatoms. The highest BCUT2D eigenvalue weighted by Gasteiger charge is 2.20. The lowest BCUT2D eigenvalue weighted by Crippen LogP contribution is -2.27. The van der Waals surface area contributed by atoms with E-state index in [0.717, 1.165) is 23.0 Å². The summed E-state index contributed by atoms with van der Waals surface area (Å²) >= 11 is 3.34. The molecule has 0 spiro atoms. The van der Waals surface area contributed by atoms with Crippen molar-refractivity contribution in [1.29, 1.82) is 0 Å². The molecule has 0 bridgehead atoms. The summed E-state index contributed by atoms with van der Waals surface area (Å²) in [7, 11) is 0. The SMILES string of the molecule is C=C(Br)CNC1CCC(C)C1. The zero-order valence-corrected chi connectivity index (χ0v) is 8.65. The molecule has 2 unspecified atom stereocenters. The standard InChI is InChI=1S/C9H16BrN/c1-7-3-4-9(5-7)11-6-8(2)10/h7,9,11H,2-6H2,1H3. The molecule has 1 saturated carbocycles. The van der Waals surface area contributed by atoms with E-state index in [0.29, 0.717) is 0 Å². The lowest BCUT2D eigenvalue weighted by Gasteiger charge is -2.10. The zero-order chi connectivity index (χ0) is 8.27. The van der Waals surface area contributed by atoms with E-state index < -0.39 is 0 Å². The molecular weight excluding hydrogens is 202 g/mol. The van der Waals surface area contributed by atoms with Gasteiger partial charge < -0.3 is 5.32 Å². The minimum Gasteiger partial charge on any atom is -0.309 e. The number of hydrogen-bond donors (Lipinski definition) is 1. The predicted molar refractivity (Wildman–Crippen MR) is 52.9 cm³/mol. The fourth-order valence-corrected chi connectivity index (χ4v) is 1.81. The van der Waals surface area contributed by atoms with Crippen molar-refractivity contribution in [3.05, 3.63) is 11.1 Å². The molecule has 0 radical (unpaired) electrons. The lowest BCUT2D eigenvalue weighted by atomic mass is 10.1. The molecule has 2 atom stereocenters. The lowest BCUT2D eigenvalue weighted by molar-refractivity contribution is 0.526. The minimum atomic E-state index is 0.735. The van der Waals surface area contributed by atoms with E-state index in [4.69, 9.17) is 0 Å². The van der Waals surface area contributed by atoms with Crippen molar-refractivity contribution in [1.82, 2.24) is 5.32 Å². The molecule has 11 heavy (non-hydrogen) atoms. The van der Waals surface area contributed by atoms with Crippen LogP contribution in [0, 0.1) is 5.92 Å². The van der Waals surface area contributed by atoms with Gasteiger partial charge in [-0.25, -0.2) is 0 Å². The van der Waals surface area contributed by atoms with Crippen LogP contribution in [-0.4, -0.2) is 12.6 Å². The van der Waals surface area contributed by atoms with Gasteiger partial charge in [0.25, 0.3) is 0 Å². The Morgan fingerprint density at radius 1 is 1.64 bits per heavy atom. The van der Waals surface area contributed by atoms with Crippen LogP contribution in [0.2, 0.25) is 0 Å². The number of nitrogens with one attached hydrogen (secondary N) is 1. The van der Waals surface area contributed by atoms with Crippen LogP contribution in [-0.2, 0) is 0 Å². The van der Waals surface area contributed by atoms with E-state index in [2.05, 4.69) is 34.7 Å². The van der Waals surface area contributed by atoms with Crippen LogP contribution in [0.4, 0.5) is 0 Å². The highest BCUT2D eigenvalue weighted by atomic mass is 79.9. The molecule has 1 fully saturated rings. The van der Waals surface area contributed by atoms with E-state index in [1.807, 2.05) is 0 Å². The molecule has 0 aromatic carbocycles. The first kappa shape index (κ1) is 9.27. The van der Waals surface area contributed by atoms with Crippen molar-refractivity contribution in [2.24, 2.45) is 5.92 Å². The van der Waals surface area contributed by atoms with Crippen LogP contribution in [0.3, 0.4) is 0 Å². The molecule has 1 rings (SSSR count). The molecule has 1 nitrogen and oxygen atoms in total. The van der Waals surface area contributed by atoms with E-state index in [-0.39, 0.29) is 0 Å². The summed E-state index contributed by atoms with van der Waals surface area (Å²) in [5.74, 6) is 0.913. The van der Waals surface area contributed by atoms with Crippen LogP contribution in [0.1, 0.15) is 26.2 Å². The summed E-state index contributed by atoms with van der Waals surface area (Å²) in [5, 5.41) is 3.47. The summed E-state index contributed by atoms with van der Waals surface area (Å²) in [6.07, 6.45) is 4.05. The molecule has 0 aromatic heterocycles. The second-order valence-corrected chi connectivity index (χ2v) is 4.63. The fraction of sp³-hybridized carbons (Fsp3) is 0.778. The van der Waals surface area contributed by atoms with Gasteiger partial charge in [0.2, 0.25) is 0 Å². The summed E-state index contributed by atoms with van der Waals surface area (Å²) in [6, 6.07) is 0.735. The van der Waals surface area contributed by atoms with Crippen molar-refractivity contribution in [3.8, 4) is 0 Å². The van der Waals surface area contributed by atoms with Gasteiger partial charge in [-0.15, -0.1) is 0 Å². The van der Waals surface area contributed by atoms with Crippen molar-refractivity contribution in [3.63, 3.8) is 0 Å². The third kappa shape index (κ3) is 3.39. The Kier molecular flexibility index (Phi) is 3.60. The number of halogens is 1. The maximum atomic E-state index is 3.79. The monoisotopic (exact) mass is 217 g/mol. The first-order valence-electron chi connectivity index (χ1n) is 4.25. The van der Waals surface area contributed by atoms with Crippen molar-refractivity contribution < 1.29 is 0 Å². The third-order valence-corrected chi connectivity index (χ3v) is 2.56. The second-order valence-electron chi connectivity index (χ2n) is 3.51. The Hall–Kier alpha value is 0.180. The van der Waals surface area contributed by atoms with Gasteiger partial charge >= 0.3 is 0 Å². The quantitative estimate of drug-likeness (QED) is 0.767. The average molecular weight is 218 g/mol. The summed E-state index contributed by atoms with van der Waals surface area (Å²) in [4.78, 5) is 0. The predicted octanol–water partition coefficient (Wildman–Crippen LogP) is 2.67. The van der Waals surface area contributed by atoms with Gasteiger partial charge in [0, 0.05) is 17.1 Å². The van der Waals surface area contributed by atoms with E-state index in [1.165, 1.54) is 19.3 Å². The van der Waals surface area contributed by atoms with Gasteiger partial charge in [-0.3, -0.25) is 0 Å². The molecule has 64 valence electrons. The van der Waals surface area contributed by atoms with Gasteiger partial charge in [-0.2, -0.15) is 0 Å². The molecule has 0 aliphatic heterocycles. The van der Waals surface area contributed by atoms with E-state index in [1.54, 1.807) is 0 Å². The second kappa shape index (κ2) is 4.27. The number of hydrogen-bond acceptors (Lipinski definition) is 1. The molecule has 0 heterocycles. The van der Waals surface area contributed by atoms with Gasteiger partial charge in [-0.05, 0) is 25.2 Å². The molecule has 1 aliphatic rings. The first-order chi connectivity index (χ1) is 5.18. The Morgan fingerprint density at radius 3 is 2.82 bits per heavy atom. The van der Waals surface area contributed by atoms with Crippen LogP contribution in [0.5, 0.6) is 0 Å². The Labute approximate surface area is 77.4 Å². The molecule has 0 amide bonds. The highest BCUT2D eigenvalue weighted by molar-refractivity contribution is 9.11. The van der Waals surface area contributed by atoms with Crippen LogP contribution in [0.15, 0.2) is 11.1 Å². The van der Waals surface area contributed by atoms with Crippen molar-refractivity contribution in [2.45, 2.75) is 32.2 Å². The largest absolute Gasteiger partial charge is 0.309 e. The third-order valence-electron chi connectivity index (χ3n) is 2.28. The first-order valence-corrected chi connectivity index (χ1v) is 5.04. The Bertz CT molecular complexity index is 144. The minimum absolute atomic E-state index is 0.735. The van der Waals surface area contributed by atoms with Crippen LogP contribution >= 0.6 is 15.9 Å². The summed E-state index contributed by atoms with van der Waals surface area (Å²) in [5.41, 5.74) is 0. The molecular formula is C9H16BrN. The fourth-order valence-electron chi connectivity index (χ4n) is 1.65. The highest BCUT2D eigenvalue weighted by Crippen LogP contribution is 2.24. The topological polar surface area (TPSA) is 12.0 Å². The Morgan fingerprint density at radius 2 is 2.36 bits per heavy atom.